The van der Waals surface area contributed by atoms with Gasteiger partial charge in [0.1, 0.15) is 11.5 Å². The average Bonchev–Trinajstić information content (AvgIpc) is 3.05. The Morgan fingerprint density at radius 2 is 1.93 bits per heavy atom. The summed E-state index contributed by atoms with van der Waals surface area (Å²) in [6.45, 7) is 1.12. The Balaban J connectivity index is 0.00000392. The quantitative estimate of drug-likeness (QED) is 0.241. The molecule has 2 rings (SSSR count). The Bertz CT molecular complexity index is 599. The monoisotopic (exact) mass is 516 g/mol. The summed E-state index contributed by atoms with van der Waals surface area (Å²) in [4.78, 5) is 5.54. The number of benzene rings is 1. The summed E-state index contributed by atoms with van der Waals surface area (Å²) in [6.07, 6.45) is -2.73. The van der Waals surface area contributed by atoms with Crippen molar-refractivity contribution >= 4 is 29.9 Å². The second-order valence-electron chi connectivity index (χ2n) is 6.36. The number of nitrogens with one attached hydrogen (secondary N) is 2. The van der Waals surface area contributed by atoms with E-state index in [1.807, 2.05) is 24.3 Å². The predicted molar refractivity (Wildman–Crippen MR) is 114 cm³/mol. The molecule has 1 fully saturated rings. The molecule has 6 nitrogen and oxygen atoms in total. The molecule has 0 saturated carbocycles. The molecule has 2 N–H and O–H groups in total. The van der Waals surface area contributed by atoms with Crippen LogP contribution < -0.4 is 20.1 Å². The summed E-state index contributed by atoms with van der Waals surface area (Å²) in [5.74, 6) is 2.15. The molecule has 1 heterocycles. The average molecular weight is 516 g/mol. The van der Waals surface area contributed by atoms with Crippen molar-refractivity contribution in [1.29, 1.82) is 0 Å². The van der Waals surface area contributed by atoms with Crippen LogP contribution in [0.5, 0.6) is 11.5 Å². The van der Waals surface area contributed by atoms with E-state index < -0.39 is 12.7 Å². The maximum Gasteiger partial charge on any atom is 0.401 e. The number of aliphatic imine (C=N–C) groups is 1. The molecule has 1 aromatic rings. The molecular weight excluding hydrogens is 488 g/mol. The van der Waals surface area contributed by atoms with Crippen molar-refractivity contribution in [3.8, 4) is 11.5 Å². The Morgan fingerprint density at radius 1 is 1.25 bits per heavy atom. The third-order valence-corrected chi connectivity index (χ3v) is 4.18. The first kappa shape index (κ1) is 24.6. The number of halogens is 4. The van der Waals surface area contributed by atoms with E-state index in [0.717, 1.165) is 17.9 Å². The van der Waals surface area contributed by atoms with Crippen molar-refractivity contribution in [2.75, 3.05) is 46.9 Å². The van der Waals surface area contributed by atoms with Gasteiger partial charge in [-0.15, -0.1) is 24.0 Å². The summed E-state index contributed by atoms with van der Waals surface area (Å²) in [5, 5.41) is 6.34. The Labute approximate surface area is 180 Å². The van der Waals surface area contributed by atoms with Crippen molar-refractivity contribution in [2.24, 2.45) is 4.99 Å². The zero-order valence-electron chi connectivity index (χ0n) is 16.1. The van der Waals surface area contributed by atoms with Gasteiger partial charge >= 0.3 is 6.18 Å². The predicted octanol–water partition coefficient (Wildman–Crippen LogP) is 2.88. The van der Waals surface area contributed by atoms with E-state index in [4.69, 9.17) is 9.47 Å². The van der Waals surface area contributed by atoms with Gasteiger partial charge in [-0.3, -0.25) is 9.89 Å². The van der Waals surface area contributed by atoms with E-state index in [2.05, 4.69) is 15.6 Å². The molecule has 0 aromatic heterocycles. The van der Waals surface area contributed by atoms with Gasteiger partial charge < -0.3 is 20.1 Å². The van der Waals surface area contributed by atoms with Gasteiger partial charge in [0.2, 0.25) is 0 Å². The lowest BCUT2D eigenvalue weighted by Gasteiger charge is -2.19. The van der Waals surface area contributed by atoms with Crippen molar-refractivity contribution in [1.82, 2.24) is 15.5 Å². The fourth-order valence-electron chi connectivity index (χ4n) is 2.88. The van der Waals surface area contributed by atoms with E-state index in [0.29, 0.717) is 38.6 Å². The topological polar surface area (TPSA) is 58.1 Å². The lowest BCUT2D eigenvalue weighted by molar-refractivity contribution is -0.143. The first-order valence-electron chi connectivity index (χ1n) is 8.93. The fraction of sp³-hybridized carbons (Fsp3) is 0.611. The van der Waals surface area contributed by atoms with Crippen LogP contribution >= 0.6 is 24.0 Å². The minimum Gasteiger partial charge on any atom is -0.497 e. The standard InChI is InChI=1S/C18H27F3N4O2.HI/c1-22-17(24-14-8-10-25(12-14)13-18(19,20)21)23-9-3-11-27-16-6-4-15(26-2)5-7-16;/h4-7,14H,3,8-13H2,1-2H3,(H2,22,23,24);1H. The highest BCUT2D eigenvalue weighted by Crippen LogP contribution is 2.20. The van der Waals surface area contributed by atoms with Crippen molar-refractivity contribution in [3.05, 3.63) is 24.3 Å². The lowest BCUT2D eigenvalue weighted by atomic mass is 10.3. The molecule has 1 aliphatic heterocycles. The first-order chi connectivity index (χ1) is 12.9. The summed E-state index contributed by atoms with van der Waals surface area (Å²) < 4.78 is 48.1. The van der Waals surface area contributed by atoms with Crippen LogP contribution in [0.1, 0.15) is 12.8 Å². The zero-order chi connectivity index (χ0) is 19.7. The van der Waals surface area contributed by atoms with E-state index >= 15 is 0 Å². The number of ether oxygens (including phenoxy) is 2. The summed E-state index contributed by atoms with van der Waals surface area (Å²) in [6, 6.07) is 7.33. The number of hydrogen-bond donors (Lipinski definition) is 2. The van der Waals surface area contributed by atoms with Gasteiger partial charge in [-0.1, -0.05) is 0 Å². The van der Waals surface area contributed by atoms with E-state index in [1.54, 1.807) is 14.2 Å². The molecule has 1 aromatic carbocycles. The molecule has 160 valence electrons. The summed E-state index contributed by atoms with van der Waals surface area (Å²) >= 11 is 0. The normalized spacial score (nSPS) is 17.8. The Kier molecular flexibility index (Phi) is 10.7. The van der Waals surface area contributed by atoms with Crippen LogP contribution in [0.4, 0.5) is 13.2 Å². The molecule has 28 heavy (non-hydrogen) atoms. The summed E-state index contributed by atoms with van der Waals surface area (Å²) in [5.41, 5.74) is 0. The number of nitrogens with zero attached hydrogens (tertiary/aromatic N) is 2. The van der Waals surface area contributed by atoms with Crippen LogP contribution in [-0.2, 0) is 0 Å². The van der Waals surface area contributed by atoms with Crippen molar-refractivity contribution < 1.29 is 22.6 Å². The zero-order valence-corrected chi connectivity index (χ0v) is 18.4. The van der Waals surface area contributed by atoms with E-state index in [9.17, 15) is 13.2 Å². The molecule has 0 amide bonds. The minimum absolute atomic E-state index is 0. The second kappa shape index (κ2) is 12.2. The highest BCUT2D eigenvalue weighted by Gasteiger charge is 2.34. The van der Waals surface area contributed by atoms with Gasteiger partial charge in [0, 0.05) is 32.7 Å². The molecule has 0 spiro atoms. The number of likely N-dealkylation sites (tertiary alicyclic amines) is 1. The van der Waals surface area contributed by atoms with Crippen molar-refractivity contribution in [2.45, 2.75) is 25.1 Å². The first-order valence-corrected chi connectivity index (χ1v) is 8.93. The highest BCUT2D eigenvalue weighted by molar-refractivity contribution is 14.0. The van der Waals surface area contributed by atoms with Gasteiger partial charge in [-0.05, 0) is 37.1 Å². The third kappa shape index (κ3) is 9.18. The largest absolute Gasteiger partial charge is 0.497 e. The smallest absolute Gasteiger partial charge is 0.401 e. The van der Waals surface area contributed by atoms with E-state index in [1.165, 1.54) is 4.90 Å². The number of hydrogen-bond acceptors (Lipinski definition) is 4. The van der Waals surface area contributed by atoms with Crippen LogP contribution in [0.3, 0.4) is 0 Å². The SMILES string of the molecule is CN=C(NCCCOc1ccc(OC)cc1)NC1CCN(CC(F)(F)F)C1.I. The van der Waals surface area contributed by atoms with Crippen molar-refractivity contribution in [3.63, 3.8) is 0 Å². The van der Waals surface area contributed by atoms with Gasteiger partial charge in [0.25, 0.3) is 0 Å². The maximum absolute atomic E-state index is 12.4. The molecule has 1 unspecified atom stereocenters. The lowest BCUT2D eigenvalue weighted by Crippen LogP contribution is -2.45. The molecule has 1 aliphatic rings. The van der Waals surface area contributed by atoms with Gasteiger partial charge in [-0.2, -0.15) is 13.2 Å². The van der Waals surface area contributed by atoms with Gasteiger partial charge in [0.05, 0.1) is 20.3 Å². The van der Waals surface area contributed by atoms with Crippen LogP contribution in [0, 0.1) is 0 Å². The molecule has 1 saturated heterocycles. The molecule has 10 heteroatoms. The number of alkyl halides is 3. The third-order valence-electron chi connectivity index (χ3n) is 4.18. The number of rotatable bonds is 8. The molecule has 0 bridgehead atoms. The molecule has 0 radical (unpaired) electrons. The molecular formula is C18H28F3IN4O2. The maximum atomic E-state index is 12.4. The second-order valence-corrected chi connectivity index (χ2v) is 6.36. The van der Waals surface area contributed by atoms with Crippen LogP contribution in [0.2, 0.25) is 0 Å². The number of methoxy groups -OCH3 is 1. The highest BCUT2D eigenvalue weighted by atomic mass is 127. The van der Waals surface area contributed by atoms with Crippen LogP contribution in [0.25, 0.3) is 0 Å². The fourth-order valence-corrected chi connectivity index (χ4v) is 2.88. The summed E-state index contributed by atoms with van der Waals surface area (Å²) in [7, 11) is 3.26. The van der Waals surface area contributed by atoms with Crippen LogP contribution in [-0.4, -0.2) is 70.0 Å². The van der Waals surface area contributed by atoms with Gasteiger partial charge in [-0.25, -0.2) is 0 Å². The Hall–Kier alpha value is -1.43. The Morgan fingerprint density at radius 3 is 2.54 bits per heavy atom. The molecule has 0 aliphatic carbocycles. The van der Waals surface area contributed by atoms with Crippen LogP contribution in [0.15, 0.2) is 29.3 Å². The van der Waals surface area contributed by atoms with E-state index in [-0.39, 0.29) is 30.0 Å². The minimum atomic E-state index is -4.15. The van der Waals surface area contributed by atoms with Gasteiger partial charge in [0.15, 0.2) is 5.96 Å². The number of guanidine groups is 1. The molecule has 1 atom stereocenters.